The number of carboxylic acid groups (broad SMARTS) is 1. The smallest absolute Gasteiger partial charge is 0.307 e. The predicted molar refractivity (Wildman–Crippen MR) is 84.0 cm³/mol. The Morgan fingerprint density at radius 1 is 1.35 bits per heavy atom. The lowest BCUT2D eigenvalue weighted by Gasteiger charge is -2.36. The topological polar surface area (TPSA) is 40.5 Å². The van der Waals surface area contributed by atoms with E-state index in [1.54, 1.807) is 0 Å². The van der Waals surface area contributed by atoms with Crippen molar-refractivity contribution in [3.63, 3.8) is 0 Å². The molecular formula is C16H23NO2S. The van der Waals surface area contributed by atoms with E-state index in [1.807, 2.05) is 17.8 Å². The molecule has 4 heteroatoms. The Labute approximate surface area is 125 Å². The number of aliphatic carboxylic acids is 1. The molecule has 1 heterocycles. The Balaban J connectivity index is 1.71. The van der Waals surface area contributed by atoms with E-state index in [1.165, 1.54) is 5.56 Å². The number of nitrogens with zero attached hydrogens (tertiary/aromatic N) is 1. The Morgan fingerprint density at radius 3 is 2.80 bits per heavy atom. The first-order valence-electron chi connectivity index (χ1n) is 7.25. The predicted octanol–water partition coefficient (Wildman–Crippen LogP) is 3.10. The largest absolute Gasteiger partial charge is 0.481 e. The third-order valence-corrected chi connectivity index (χ3v) is 5.00. The second-order valence-corrected chi connectivity index (χ2v) is 6.60. The number of hydrogen-bond donors (Lipinski definition) is 1. The molecule has 0 amide bonds. The first kappa shape index (κ1) is 15.4. The molecule has 110 valence electrons. The lowest BCUT2D eigenvalue weighted by molar-refractivity contribution is -0.144. The van der Waals surface area contributed by atoms with Crippen molar-refractivity contribution in [2.45, 2.75) is 31.6 Å². The molecule has 2 atom stereocenters. The van der Waals surface area contributed by atoms with Gasteiger partial charge in [0.05, 0.1) is 5.92 Å². The number of rotatable bonds is 6. The number of hydrogen-bond acceptors (Lipinski definition) is 3. The SMILES string of the molecule is CC1CCC(C(=O)O)CN1CCSCc1ccccc1. The number of likely N-dealkylation sites (tertiary alicyclic amines) is 1. The van der Waals surface area contributed by atoms with Crippen LogP contribution >= 0.6 is 11.8 Å². The number of benzene rings is 1. The number of carboxylic acids is 1. The minimum Gasteiger partial charge on any atom is -0.481 e. The molecule has 1 aliphatic rings. The molecule has 0 aromatic heterocycles. The molecule has 1 fully saturated rings. The highest BCUT2D eigenvalue weighted by molar-refractivity contribution is 7.98. The number of carbonyl (C=O) groups is 1. The minimum absolute atomic E-state index is 0.176. The van der Waals surface area contributed by atoms with E-state index in [9.17, 15) is 4.79 Å². The maximum absolute atomic E-state index is 11.1. The van der Waals surface area contributed by atoms with Crippen molar-refractivity contribution in [3.8, 4) is 0 Å². The minimum atomic E-state index is -0.640. The molecule has 0 radical (unpaired) electrons. The summed E-state index contributed by atoms with van der Waals surface area (Å²) in [4.78, 5) is 13.4. The van der Waals surface area contributed by atoms with Crippen molar-refractivity contribution in [2.24, 2.45) is 5.92 Å². The van der Waals surface area contributed by atoms with Gasteiger partial charge in [0, 0.05) is 30.6 Å². The van der Waals surface area contributed by atoms with Crippen molar-refractivity contribution in [3.05, 3.63) is 35.9 Å². The van der Waals surface area contributed by atoms with Gasteiger partial charge in [-0.25, -0.2) is 0 Å². The van der Waals surface area contributed by atoms with Gasteiger partial charge in [0.2, 0.25) is 0 Å². The van der Waals surface area contributed by atoms with Gasteiger partial charge in [-0.3, -0.25) is 9.69 Å². The molecule has 2 rings (SSSR count). The van der Waals surface area contributed by atoms with Gasteiger partial charge in [-0.2, -0.15) is 11.8 Å². The van der Waals surface area contributed by atoms with E-state index in [0.717, 1.165) is 30.9 Å². The Morgan fingerprint density at radius 2 is 2.10 bits per heavy atom. The highest BCUT2D eigenvalue weighted by atomic mass is 32.2. The molecular weight excluding hydrogens is 270 g/mol. The van der Waals surface area contributed by atoms with E-state index < -0.39 is 5.97 Å². The van der Waals surface area contributed by atoms with Crippen LogP contribution in [0.4, 0.5) is 0 Å². The Hall–Kier alpha value is -1.00. The van der Waals surface area contributed by atoms with E-state index in [4.69, 9.17) is 5.11 Å². The van der Waals surface area contributed by atoms with Crippen LogP contribution < -0.4 is 0 Å². The van der Waals surface area contributed by atoms with Crippen LogP contribution in [0.5, 0.6) is 0 Å². The summed E-state index contributed by atoms with van der Waals surface area (Å²) in [7, 11) is 0. The molecule has 0 aliphatic carbocycles. The molecule has 0 spiro atoms. The van der Waals surface area contributed by atoms with Gasteiger partial charge in [0.15, 0.2) is 0 Å². The fourth-order valence-electron chi connectivity index (χ4n) is 2.64. The lowest BCUT2D eigenvalue weighted by atomic mass is 9.94. The molecule has 0 saturated carbocycles. The van der Waals surface area contributed by atoms with Gasteiger partial charge in [0.1, 0.15) is 0 Å². The molecule has 3 nitrogen and oxygen atoms in total. The fourth-order valence-corrected chi connectivity index (χ4v) is 3.57. The second-order valence-electron chi connectivity index (χ2n) is 5.49. The van der Waals surface area contributed by atoms with Crippen LogP contribution in [0.2, 0.25) is 0 Å². The molecule has 1 aliphatic heterocycles. The standard InChI is InChI=1S/C16H23NO2S/c1-13-7-8-15(16(18)19)11-17(13)9-10-20-12-14-5-3-2-4-6-14/h2-6,13,15H,7-12H2,1H3,(H,18,19). The van der Waals surface area contributed by atoms with Crippen LogP contribution in [0.15, 0.2) is 30.3 Å². The zero-order valence-corrected chi connectivity index (χ0v) is 12.8. The fraction of sp³-hybridized carbons (Fsp3) is 0.562. The van der Waals surface area contributed by atoms with Gasteiger partial charge in [-0.05, 0) is 25.3 Å². The van der Waals surface area contributed by atoms with E-state index in [2.05, 4.69) is 36.1 Å². The van der Waals surface area contributed by atoms with Crippen LogP contribution in [0, 0.1) is 5.92 Å². The van der Waals surface area contributed by atoms with E-state index in [0.29, 0.717) is 12.6 Å². The van der Waals surface area contributed by atoms with Crippen LogP contribution in [0.25, 0.3) is 0 Å². The van der Waals surface area contributed by atoms with Gasteiger partial charge >= 0.3 is 5.97 Å². The molecule has 2 unspecified atom stereocenters. The van der Waals surface area contributed by atoms with Crippen molar-refractivity contribution < 1.29 is 9.90 Å². The summed E-state index contributed by atoms with van der Waals surface area (Å²) >= 11 is 1.92. The Bertz CT molecular complexity index is 424. The number of thioether (sulfide) groups is 1. The van der Waals surface area contributed by atoms with E-state index in [-0.39, 0.29) is 5.92 Å². The summed E-state index contributed by atoms with van der Waals surface area (Å²) in [6, 6.07) is 11.0. The normalized spacial score (nSPS) is 23.6. The summed E-state index contributed by atoms with van der Waals surface area (Å²) in [5.74, 6) is 1.28. The molecule has 1 N–H and O–H groups in total. The summed E-state index contributed by atoms with van der Waals surface area (Å²) in [5, 5.41) is 9.13. The maximum atomic E-state index is 11.1. The van der Waals surface area contributed by atoms with Crippen molar-refractivity contribution in [2.75, 3.05) is 18.8 Å². The van der Waals surface area contributed by atoms with Crippen LogP contribution in [0.1, 0.15) is 25.3 Å². The summed E-state index contributed by atoms with van der Waals surface area (Å²) < 4.78 is 0. The van der Waals surface area contributed by atoms with Crippen LogP contribution in [0.3, 0.4) is 0 Å². The molecule has 20 heavy (non-hydrogen) atoms. The third-order valence-electron chi connectivity index (χ3n) is 3.99. The highest BCUT2D eigenvalue weighted by Gasteiger charge is 2.29. The molecule has 0 bridgehead atoms. The highest BCUT2D eigenvalue weighted by Crippen LogP contribution is 2.22. The molecule has 1 aromatic carbocycles. The average molecular weight is 293 g/mol. The second kappa shape index (κ2) is 7.70. The van der Waals surface area contributed by atoms with Gasteiger partial charge in [-0.1, -0.05) is 30.3 Å². The summed E-state index contributed by atoms with van der Waals surface area (Å²) in [6.45, 7) is 3.91. The van der Waals surface area contributed by atoms with Gasteiger partial charge in [0.25, 0.3) is 0 Å². The zero-order chi connectivity index (χ0) is 14.4. The van der Waals surface area contributed by atoms with Crippen molar-refractivity contribution >= 4 is 17.7 Å². The first-order valence-corrected chi connectivity index (χ1v) is 8.41. The summed E-state index contributed by atoms with van der Waals surface area (Å²) in [6.07, 6.45) is 1.82. The first-order chi connectivity index (χ1) is 9.66. The van der Waals surface area contributed by atoms with Gasteiger partial charge in [-0.15, -0.1) is 0 Å². The maximum Gasteiger partial charge on any atom is 0.307 e. The van der Waals surface area contributed by atoms with Gasteiger partial charge < -0.3 is 5.11 Å². The van der Waals surface area contributed by atoms with Crippen LogP contribution in [-0.4, -0.2) is 40.9 Å². The van der Waals surface area contributed by atoms with Crippen molar-refractivity contribution in [1.29, 1.82) is 0 Å². The summed E-state index contributed by atoms with van der Waals surface area (Å²) in [5.41, 5.74) is 1.35. The number of piperidine rings is 1. The molecule has 1 saturated heterocycles. The lowest BCUT2D eigenvalue weighted by Crippen LogP contribution is -2.45. The van der Waals surface area contributed by atoms with E-state index >= 15 is 0 Å². The Kier molecular flexibility index (Phi) is 5.92. The monoisotopic (exact) mass is 293 g/mol. The quantitative estimate of drug-likeness (QED) is 0.818. The molecule has 1 aromatic rings. The zero-order valence-electron chi connectivity index (χ0n) is 12.0. The third kappa shape index (κ3) is 4.53. The van der Waals surface area contributed by atoms with Crippen LogP contribution in [-0.2, 0) is 10.5 Å². The van der Waals surface area contributed by atoms with Crippen molar-refractivity contribution in [1.82, 2.24) is 4.90 Å². The average Bonchev–Trinajstić information content (AvgIpc) is 2.46.